The zero-order chi connectivity index (χ0) is 14.0. The summed E-state index contributed by atoms with van der Waals surface area (Å²) >= 11 is 0. The average Bonchev–Trinajstić information content (AvgIpc) is 2.77. The van der Waals surface area contributed by atoms with Gasteiger partial charge in [0.2, 0.25) is 0 Å². The molecule has 1 fully saturated rings. The molecular formula is C15H23N3O. The van der Waals surface area contributed by atoms with Crippen molar-refractivity contribution in [2.24, 2.45) is 18.4 Å². The Labute approximate surface area is 115 Å². The van der Waals surface area contributed by atoms with Crippen molar-refractivity contribution in [3.8, 4) is 6.07 Å². The molecule has 0 bridgehead atoms. The predicted octanol–water partition coefficient (Wildman–Crippen LogP) is 2.87. The molecule has 0 radical (unpaired) electrons. The lowest BCUT2D eigenvalue weighted by atomic mass is 9.66. The number of hydrogen-bond donors (Lipinski definition) is 1. The van der Waals surface area contributed by atoms with Crippen molar-refractivity contribution >= 4 is 0 Å². The van der Waals surface area contributed by atoms with Gasteiger partial charge in [-0.25, -0.2) is 0 Å². The van der Waals surface area contributed by atoms with Crippen molar-refractivity contribution in [1.29, 1.82) is 5.26 Å². The molecule has 1 atom stereocenters. The number of rotatable bonds is 3. The van der Waals surface area contributed by atoms with E-state index in [0.717, 1.165) is 36.9 Å². The molecule has 0 amide bonds. The highest BCUT2D eigenvalue weighted by Crippen LogP contribution is 2.48. The van der Waals surface area contributed by atoms with Gasteiger partial charge in [0.05, 0.1) is 17.2 Å². The minimum absolute atomic E-state index is 0.626. The van der Waals surface area contributed by atoms with E-state index >= 15 is 0 Å². The maximum Gasteiger partial charge on any atom is 0.101 e. The molecule has 104 valence electrons. The summed E-state index contributed by atoms with van der Waals surface area (Å²) in [4.78, 5) is 0. The summed E-state index contributed by atoms with van der Waals surface area (Å²) in [6.07, 6.45) is 5.95. The maximum absolute atomic E-state index is 10.7. The van der Waals surface area contributed by atoms with Gasteiger partial charge in [-0.1, -0.05) is 13.3 Å². The summed E-state index contributed by atoms with van der Waals surface area (Å²) in [5.74, 6) is 0.712. The molecule has 0 saturated heterocycles. The lowest BCUT2D eigenvalue weighted by molar-refractivity contribution is 0.0238. The van der Waals surface area contributed by atoms with E-state index in [1.54, 1.807) is 4.68 Å². The first-order valence-electron chi connectivity index (χ1n) is 7.12. The molecule has 4 heteroatoms. The van der Waals surface area contributed by atoms with Gasteiger partial charge in [-0.05, 0) is 38.5 Å². The zero-order valence-corrected chi connectivity index (χ0v) is 12.1. The third kappa shape index (κ3) is 2.52. The topological polar surface area (TPSA) is 61.8 Å². The van der Waals surface area contributed by atoms with E-state index in [0.29, 0.717) is 5.92 Å². The molecule has 1 aromatic rings. The number of hydrogen-bond acceptors (Lipinski definition) is 3. The van der Waals surface area contributed by atoms with Crippen molar-refractivity contribution in [2.75, 3.05) is 0 Å². The van der Waals surface area contributed by atoms with E-state index in [1.165, 1.54) is 6.42 Å². The first-order valence-corrected chi connectivity index (χ1v) is 7.12. The Morgan fingerprint density at radius 3 is 2.63 bits per heavy atom. The van der Waals surface area contributed by atoms with Crippen molar-refractivity contribution < 1.29 is 5.11 Å². The lowest BCUT2D eigenvalue weighted by Crippen LogP contribution is -2.32. The van der Waals surface area contributed by atoms with Crippen LogP contribution in [-0.4, -0.2) is 14.9 Å². The van der Waals surface area contributed by atoms with Gasteiger partial charge in [0.15, 0.2) is 0 Å². The summed E-state index contributed by atoms with van der Waals surface area (Å²) in [7, 11) is 1.84. The van der Waals surface area contributed by atoms with Gasteiger partial charge in [0, 0.05) is 18.8 Å². The molecule has 19 heavy (non-hydrogen) atoms. The smallest absolute Gasteiger partial charge is 0.101 e. The second-order valence-electron chi connectivity index (χ2n) is 5.87. The Bertz CT molecular complexity index is 478. The standard InChI is InChI=1S/C15H23N3O/c1-4-12-5-7-15(10-16,8-6-12)14(19)13-9-18(3)17-11(13)2/h9,12,14,19H,4-8H2,1-3H3. The number of aliphatic hydroxyl groups is 1. The Kier molecular flexibility index (Phi) is 3.96. The van der Waals surface area contributed by atoms with Crippen molar-refractivity contribution in [3.05, 3.63) is 17.5 Å². The van der Waals surface area contributed by atoms with Gasteiger partial charge in [-0.15, -0.1) is 0 Å². The van der Waals surface area contributed by atoms with Gasteiger partial charge in [-0.3, -0.25) is 4.68 Å². The van der Waals surface area contributed by atoms with Gasteiger partial charge in [0.25, 0.3) is 0 Å². The fourth-order valence-electron chi connectivity index (χ4n) is 3.23. The highest BCUT2D eigenvalue weighted by Gasteiger charge is 2.43. The van der Waals surface area contributed by atoms with E-state index in [1.807, 2.05) is 20.2 Å². The van der Waals surface area contributed by atoms with Crippen LogP contribution in [0.25, 0.3) is 0 Å². The van der Waals surface area contributed by atoms with Crippen LogP contribution < -0.4 is 0 Å². The van der Waals surface area contributed by atoms with Gasteiger partial charge >= 0.3 is 0 Å². The van der Waals surface area contributed by atoms with E-state index < -0.39 is 11.5 Å². The summed E-state index contributed by atoms with van der Waals surface area (Å²) in [6.45, 7) is 4.09. The SMILES string of the molecule is CCC1CCC(C#N)(C(O)c2cn(C)nc2C)CC1. The van der Waals surface area contributed by atoms with Crippen LogP contribution >= 0.6 is 0 Å². The molecule has 1 saturated carbocycles. The Hall–Kier alpha value is -1.34. The van der Waals surface area contributed by atoms with Crippen LogP contribution in [0.4, 0.5) is 0 Å². The fourth-order valence-corrected chi connectivity index (χ4v) is 3.23. The van der Waals surface area contributed by atoms with Gasteiger partial charge in [0.1, 0.15) is 6.10 Å². The monoisotopic (exact) mass is 261 g/mol. The van der Waals surface area contributed by atoms with Gasteiger partial charge < -0.3 is 5.11 Å². The number of aromatic nitrogens is 2. The summed E-state index contributed by atoms with van der Waals surface area (Å²) in [6, 6.07) is 2.41. The number of nitriles is 1. The second-order valence-corrected chi connectivity index (χ2v) is 5.87. The number of aliphatic hydroxyl groups excluding tert-OH is 1. The molecule has 1 aliphatic rings. The molecule has 1 aromatic heterocycles. The molecule has 0 aromatic carbocycles. The average molecular weight is 261 g/mol. The van der Waals surface area contributed by atoms with E-state index in [-0.39, 0.29) is 0 Å². The van der Waals surface area contributed by atoms with Crippen LogP contribution in [0, 0.1) is 29.6 Å². The quantitative estimate of drug-likeness (QED) is 0.910. The predicted molar refractivity (Wildman–Crippen MR) is 73.2 cm³/mol. The van der Waals surface area contributed by atoms with E-state index in [2.05, 4.69) is 18.1 Å². The highest BCUT2D eigenvalue weighted by atomic mass is 16.3. The van der Waals surface area contributed by atoms with Gasteiger partial charge in [-0.2, -0.15) is 10.4 Å². The van der Waals surface area contributed by atoms with Crippen LogP contribution in [0.1, 0.15) is 56.4 Å². The van der Waals surface area contributed by atoms with Crippen molar-refractivity contribution in [3.63, 3.8) is 0 Å². The lowest BCUT2D eigenvalue weighted by Gasteiger charge is -2.38. The van der Waals surface area contributed by atoms with Crippen LogP contribution in [0.5, 0.6) is 0 Å². The largest absolute Gasteiger partial charge is 0.387 e. The first kappa shape index (κ1) is 14.1. The molecule has 2 rings (SSSR count). The molecule has 1 N–H and O–H groups in total. The Balaban J connectivity index is 2.23. The van der Waals surface area contributed by atoms with Crippen LogP contribution in [0.3, 0.4) is 0 Å². The molecule has 0 aliphatic heterocycles. The number of nitrogens with zero attached hydrogens (tertiary/aromatic N) is 3. The maximum atomic E-state index is 10.7. The third-order valence-electron chi connectivity index (χ3n) is 4.67. The Morgan fingerprint density at radius 1 is 1.58 bits per heavy atom. The fraction of sp³-hybridized carbons (Fsp3) is 0.733. The third-order valence-corrected chi connectivity index (χ3v) is 4.67. The Morgan fingerprint density at radius 2 is 2.21 bits per heavy atom. The molecule has 4 nitrogen and oxygen atoms in total. The summed E-state index contributed by atoms with van der Waals surface area (Å²) in [5, 5.41) is 24.5. The molecule has 1 aliphatic carbocycles. The van der Waals surface area contributed by atoms with Crippen LogP contribution in [0.2, 0.25) is 0 Å². The number of aryl methyl sites for hydroxylation is 2. The van der Waals surface area contributed by atoms with Crippen molar-refractivity contribution in [2.45, 2.75) is 52.1 Å². The zero-order valence-electron chi connectivity index (χ0n) is 12.1. The normalized spacial score (nSPS) is 28.9. The molecular weight excluding hydrogens is 238 g/mol. The van der Waals surface area contributed by atoms with E-state index in [4.69, 9.17) is 0 Å². The second kappa shape index (κ2) is 5.34. The molecule has 1 unspecified atom stereocenters. The minimum Gasteiger partial charge on any atom is -0.387 e. The summed E-state index contributed by atoms with van der Waals surface area (Å²) in [5.41, 5.74) is 1.00. The van der Waals surface area contributed by atoms with E-state index in [9.17, 15) is 10.4 Å². The summed E-state index contributed by atoms with van der Waals surface area (Å²) < 4.78 is 1.70. The van der Waals surface area contributed by atoms with Crippen LogP contribution in [0.15, 0.2) is 6.20 Å². The van der Waals surface area contributed by atoms with Crippen molar-refractivity contribution in [1.82, 2.24) is 9.78 Å². The first-order chi connectivity index (χ1) is 9.02. The molecule has 1 heterocycles. The highest BCUT2D eigenvalue weighted by molar-refractivity contribution is 5.24. The van der Waals surface area contributed by atoms with Crippen LogP contribution in [-0.2, 0) is 7.05 Å². The molecule has 0 spiro atoms. The minimum atomic E-state index is -0.719.